The molecule has 1 saturated heterocycles. The van der Waals surface area contributed by atoms with Crippen molar-refractivity contribution >= 4 is 17.8 Å². The zero-order valence-corrected chi connectivity index (χ0v) is 16.0. The average molecular weight is 441 g/mol. The van der Waals surface area contributed by atoms with Gasteiger partial charge in [-0.15, -0.1) is 0 Å². The van der Waals surface area contributed by atoms with Crippen molar-refractivity contribution < 1.29 is 36.3 Å². The SMILES string of the molecule is C[C@@]1(c2ccccc2F)NC(=O)N(CC(=O)NCc2ccc(F)cc2C(F)(F)F)C1=O. The summed E-state index contributed by atoms with van der Waals surface area (Å²) in [6.07, 6.45) is -4.84. The van der Waals surface area contributed by atoms with Gasteiger partial charge in [-0.1, -0.05) is 24.3 Å². The largest absolute Gasteiger partial charge is 0.416 e. The fraction of sp³-hybridized carbons (Fsp3) is 0.250. The highest BCUT2D eigenvalue weighted by atomic mass is 19.4. The summed E-state index contributed by atoms with van der Waals surface area (Å²) in [5.41, 5.74) is -3.49. The second kappa shape index (κ2) is 7.97. The summed E-state index contributed by atoms with van der Waals surface area (Å²) in [7, 11) is 0. The molecule has 6 nitrogen and oxygen atoms in total. The Morgan fingerprint density at radius 2 is 1.81 bits per heavy atom. The minimum Gasteiger partial charge on any atom is -0.350 e. The number of hydrogen-bond donors (Lipinski definition) is 2. The Morgan fingerprint density at radius 1 is 1.13 bits per heavy atom. The summed E-state index contributed by atoms with van der Waals surface area (Å²) in [6.45, 7) is -0.128. The molecule has 0 bridgehead atoms. The Kier molecular flexibility index (Phi) is 5.70. The number of alkyl halides is 3. The minimum atomic E-state index is -4.84. The number of amides is 4. The maximum atomic E-state index is 14.1. The van der Waals surface area contributed by atoms with Gasteiger partial charge in [0.15, 0.2) is 0 Å². The summed E-state index contributed by atoms with van der Waals surface area (Å²) in [5, 5.41) is 4.50. The lowest BCUT2D eigenvalue weighted by Crippen LogP contribution is -2.43. The lowest BCUT2D eigenvalue weighted by Gasteiger charge is -2.22. The topological polar surface area (TPSA) is 78.5 Å². The number of rotatable bonds is 5. The zero-order valence-electron chi connectivity index (χ0n) is 16.0. The van der Waals surface area contributed by atoms with Gasteiger partial charge >= 0.3 is 12.2 Å². The summed E-state index contributed by atoms with van der Waals surface area (Å²) < 4.78 is 66.4. The number of halogens is 5. The normalized spacial score (nSPS) is 18.8. The van der Waals surface area contributed by atoms with Crippen molar-refractivity contribution in [2.75, 3.05) is 6.54 Å². The van der Waals surface area contributed by atoms with E-state index in [9.17, 15) is 36.3 Å². The first-order chi connectivity index (χ1) is 14.4. The Hall–Kier alpha value is -3.50. The molecule has 31 heavy (non-hydrogen) atoms. The van der Waals surface area contributed by atoms with Gasteiger partial charge in [0, 0.05) is 12.1 Å². The van der Waals surface area contributed by atoms with Gasteiger partial charge in [-0.3, -0.25) is 14.5 Å². The first kappa shape index (κ1) is 22.2. The van der Waals surface area contributed by atoms with Gasteiger partial charge in [0.1, 0.15) is 23.7 Å². The summed E-state index contributed by atoms with van der Waals surface area (Å²) in [6, 6.07) is 6.33. The van der Waals surface area contributed by atoms with Crippen molar-refractivity contribution in [3.8, 4) is 0 Å². The van der Waals surface area contributed by atoms with Crippen LogP contribution < -0.4 is 10.6 Å². The molecule has 0 aromatic heterocycles. The van der Waals surface area contributed by atoms with Crippen molar-refractivity contribution in [2.45, 2.75) is 25.2 Å². The van der Waals surface area contributed by atoms with E-state index >= 15 is 0 Å². The van der Waals surface area contributed by atoms with E-state index in [1.807, 2.05) is 0 Å². The van der Waals surface area contributed by atoms with Crippen LogP contribution in [-0.2, 0) is 27.8 Å². The van der Waals surface area contributed by atoms with Gasteiger partial charge in [-0.05, 0) is 30.7 Å². The molecule has 1 fully saturated rings. The Bertz CT molecular complexity index is 1060. The number of urea groups is 1. The van der Waals surface area contributed by atoms with Crippen LogP contribution >= 0.6 is 0 Å². The van der Waals surface area contributed by atoms with Crippen LogP contribution in [0.2, 0.25) is 0 Å². The van der Waals surface area contributed by atoms with Crippen molar-refractivity contribution in [3.05, 3.63) is 70.8 Å². The molecule has 1 aliphatic rings. The van der Waals surface area contributed by atoms with Crippen LogP contribution in [0.15, 0.2) is 42.5 Å². The van der Waals surface area contributed by atoms with E-state index in [0.717, 1.165) is 18.2 Å². The molecule has 3 rings (SSSR count). The summed E-state index contributed by atoms with van der Waals surface area (Å²) in [5.74, 6) is -3.65. The van der Waals surface area contributed by atoms with Crippen LogP contribution in [-0.4, -0.2) is 29.3 Å². The number of carbonyl (C=O) groups excluding carboxylic acids is 3. The zero-order chi connectivity index (χ0) is 23.0. The highest BCUT2D eigenvalue weighted by molar-refractivity contribution is 6.09. The number of nitrogens with one attached hydrogen (secondary N) is 2. The van der Waals surface area contributed by atoms with Crippen molar-refractivity contribution in [3.63, 3.8) is 0 Å². The predicted octanol–water partition coefficient (Wildman–Crippen LogP) is 3.07. The molecule has 11 heteroatoms. The van der Waals surface area contributed by atoms with E-state index in [2.05, 4.69) is 10.6 Å². The van der Waals surface area contributed by atoms with Gasteiger partial charge in [-0.25, -0.2) is 13.6 Å². The molecule has 2 N–H and O–H groups in total. The van der Waals surface area contributed by atoms with Crippen LogP contribution in [0.1, 0.15) is 23.6 Å². The monoisotopic (exact) mass is 441 g/mol. The lowest BCUT2D eigenvalue weighted by atomic mass is 9.91. The van der Waals surface area contributed by atoms with Crippen LogP contribution in [0, 0.1) is 11.6 Å². The number of hydrogen-bond acceptors (Lipinski definition) is 3. The highest BCUT2D eigenvalue weighted by Crippen LogP contribution is 2.33. The second-order valence-corrected chi connectivity index (χ2v) is 7.00. The fourth-order valence-corrected chi connectivity index (χ4v) is 3.25. The van der Waals surface area contributed by atoms with E-state index in [4.69, 9.17) is 0 Å². The third kappa shape index (κ3) is 4.35. The van der Waals surface area contributed by atoms with Crippen molar-refractivity contribution in [2.24, 2.45) is 0 Å². The van der Waals surface area contributed by atoms with Gasteiger partial charge in [0.2, 0.25) is 5.91 Å². The molecular weight excluding hydrogens is 425 g/mol. The lowest BCUT2D eigenvalue weighted by molar-refractivity contribution is -0.138. The third-order valence-electron chi connectivity index (χ3n) is 4.84. The maximum absolute atomic E-state index is 14.1. The number of benzene rings is 2. The Morgan fingerprint density at radius 3 is 2.45 bits per heavy atom. The van der Waals surface area contributed by atoms with Gasteiger partial charge in [-0.2, -0.15) is 13.2 Å². The quantitative estimate of drug-likeness (QED) is 0.553. The Balaban J connectivity index is 1.71. The molecule has 1 aliphatic heterocycles. The fourth-order valence-electron chi connectivity index (χ4n) is 3.25. The molecule has 2 aromatic carbocycles. The van der Waals surface area contributed by atoms with Crippen molar-refractivity contribution in [1.82, 2.24) is 15.5 Å². The molecule has 1 atom stereocenters. The van der Waals surface area contributed by atoms with Crippen molar-refractivity contribution in [1.29, 1.82) is 0 Å². The average Bonchev–Trinajstić information content (AvgIpc) is 2.90. The minimum absolute atomic E-state index is 0.0996. The van der Waals surface area contributed by atoms with Gasteiger partial charge in [0.05, 0.1) is 5.56 Å². The van der Waals surface area contributed by atoms with Crippen LogP contribution in [0.5, 0.6) is 0 Å². The predicted molar refractivity (Wildman–Crippen MR) is 97.2 cm³/mol. The first-order valence-corrected chi connectivity index (χ1v) is 8.95. The van der Waals surface area contributed by atoms with Gasteiger partial charge < -0.3 is 10.6 Å². The van der Waals surface area contributed by atoms with Crippen LogP contribution in [0.3, 0.4) is 0 Å². The standard InChI is InChI=1S/C20H16F5N3O3/c1-19(13-4-2-3-5-15(13)22)17(30)28(18(31)27-19)10-16(29)26-9-11-6-7-12(21)8-14(11)20(23,24)25/h2-8H,9-10H2,1H3,(H,26,29)(H,27,31)/t19-/m0/s1. The molecule has 0 saturated carbocycles. The third-order valence-corrected chi connectivity index (χ3v) is 4.84. The van der Waals surface area contributed by atoms with E-state index in [0.29, 0.717) is 11.0 Å². The van der Waals surface area contributed by atoms with Crippen LogP contribution in [0.25, 0.3) is 0 Å². The van der Waals surface area contributed by atoms with E-state index < -0.39 is 65.4 Å². The summed E-state index contributed by atoms with van der Waals surface area (Å²) in [4.78, 5) is 37.7. The van der Waals surface area contributed by atoms with Gasteiger partial charge in [0.25, 0.3) is 5.91 Å². The molecule has 0 aliphatic carbocycles. The number of carbonyl (C=O) groups is 3. The molecular formula is C20H16F5N3O3. The molecule has 4 amide bonds. The maximum Gasteiger partial charge on any atom is 0.416 e. The molecule has 164 valence electrons. The number of imide groups is 1. The highest BCUT2D eigenvalue weighted by Gasteiger charge is 2.50. The smallest absolute Gasteiger partial charge is 0.350 e. The first-order valence-electron chi connectivity index (χ1n) is 8.95. The van der Waals surface area contributed by atoms with E-state index in [1.54, 1.807) is 0 Å². The van der Waals surface area contributed by atoms with Crippen LogP contribution in [0.4, 0.5) is 26.7 Å². The second-order valence-electron chi connectivity index (χ2n) is 7.00. The van der Waals surface area contributed by atoms with E-state index in [-0.39, 0.29) is 5.56 Å². The molecule has 0 spiro atoms. The number of nitrogens with zero attached hydrogens (tertiary/aromatic N) is 1. The summed E-state index contributed by atoms with van der Waals surface area (Å²) >= 11 is 0. The molecule has 1 heterocycles. The molecule has 2 aromatic rings. The Labute approximate surface area is 173 Å². The molecule has 0 radical (unpaired) electrons. The van der Waals surface area contributed by atoms with E-state index in [1.165, 1.54) is 25.1 Å². The molecule has 0 unspecified atom stereocenters.